The number of ether oxygens (including phenoxy) is 1. The fraction of sp³-hybridized carbons (Fsp3) is 0.550. The molecule has 2 amide bonds. The minimum absolute atomic E-state index is 0.0107. The number of nitrogens with zero attached hydrogens (tertiary/aromatic N) is 1. The largest absolute Gasteiger partial charge is 0.484 e. The van der Waals surface area contributed by atoms with Gasteiger partial charge >= 0.3 is 5.97 Å². The molecule has 146 valence electrons. The zero-order valence-electron chi connectivity index (χ0n) is 15.3. The van der Waals surface area contributed by atoms with E-state index in [2.05, 4.69) is 5.32 Å². The average Bonchev–Trinajstić information content (AvgIpc) is 3.15. The van der Waals surface area contributed by atoms with Gasteiger partial charge in [0.2, 0.25) is 5.91 Å². The molecular formula is C20H26N2O5. The average molecular weight is 374 g/mol. The highest BCUT2D eigenvalue weighted by Gasteiger charge is 2.36. The summed E-state index contributed by atoms with van der Waals surface area (Å²) in [5, 5.41) is 12.2. The molecule has 7 nitrogen and oxygen atoms in total. The van der Waals surface area contributed by atoms with Gasteiger partial charge in [0, 0.05) is 25.0 Å². The predicted molar refractivity (Wildman–Crippen MR) is 98.1 cm³/mol. The van der Waals surface area contributed by atoms with E-state index in [-0.39, 0.29) is 30.4 Å². The number of para-hydroxylation sites is 1. The fourth-order valence-corrected chi connectivity index (χ4v) is 3.87. The Morgan fingerprint density at radius 1 is 1.07 bits per heavy atom. The van der Waals surface area contributed by atoms with Crippen LogP contribution in [0.3, 0.4) is 0 Å². The molecule has 2 N–H and O–H groups in total. The Kier molecular flexibility index (Phi) is 6.32. The van der Waals surface area contributed by atoms with Crippen molar-refractivity contribution in [1.29, 1.82) is 0 Å². The predicted octanol–water partition coefficient (Wildman–Crippen LogP) is 1.67. The van der Waals surface area contributed by atoms with E-state index < -0.39 is 11.9 Å². The van der Waals surface area contributed by atoms with E-state index in [1.807, 2.05) is 18.2 Å². The molecule has 0 spiro atoms. The third-order valence-corrected chi connectivity index (χ3v) is 5.48. The van der Waals surface area contributed by atoms with Crippen LogP contribution in [0.1, 0.15) is 32.1 Å². The van der Waals surface area contributed by atoms with Crippen LogP contribution >= 0.6 is 0 Å². The van der Waals surface area contributed by atoms with Crippen molar-refractivity contribution in [2.24, 2.45) is 11.8 Å². The lowest BCUT2D eigenvalue weighted by Gasteiger charge is -2.32. The summed E-state index contributed by atoms with van der Waals surface area (Å²) in [6.45, 7) is 1.02. The molecule has 27 heavy (non-hydrogen) atoms. The van der Waals surface area contributed by atoms with Crippen molar-refractivity contribution >= 4 is 17.8 Å². The van der Waals surface area contributed by atoms with Gasteiger partial charge in [-0.3, -0.25) is 14.4 Å². The van der Waals surface area contributed by atoms with Crippen molar-refractivity contribution in [3.05, 3.63) is 30.3 Å². The van der Waals surface area contributed by atoms with Gasteiger partial charge < -0.3 is 20.1 Å². The van der Waals surface area contributed by atoms with Crippen LogP contribution in [0.5, 0.6) is 5.75 Å². The van der Waals surface area contributed by atoms with E-state index in [1.165, 1.54) is 0 Å². The zero-order valence-corrected chi connectivity index (χ0v) is 15.3. The second-order valence-corrected chi connectivity index (χ2v) is 7.25. The minimum Gasteiger partial charge on any atom is -0.484 e. The summed E-state index contributed by atoms with van der Waals surface area (Å²) in [6, 6.07) is 8.92. The number of nitrogens with one attached hydrogen (secondary N) is 1. The number of amides is 2. The molecule has 0 radical (unpaired) electrons. The van der Waals surface area contributed by atoms with E-state index >= 15 is 0 Å². The minimum atomic E-state index is -0.836. The summed E-state index contributed by atoms with van der Waals surface area (Å²) in [4.78, 5) is 37.7. The number of hydrogen-bond donors (Lipinski definition) is 2. The Labute approximate surface area is 158 Å². The van der Waals surface area contributed by atoms with Gasteiger partial charge in [-0.25, -0.2) is 0 Å². The highest BCUT2D eigenvalue weighted by atomic mass is 16.5. The maximum absolute atomic E-state index is 12.5. The highest BCUT2D eigenvalue weighted by Crippen LogP contribution is 2.27. The lowest BCUT2D eigenvalue weighted by Crippen LogP contribution is -2.47. The summed E-state index contributed by atoms with van der Waals surface area (Å²) in [5.74, 6) is -0.994. The number of carboxylic acid groups (broad SMARTS) is 1. The van der Waals surface area contributed by atoms with E-state index in [0.29, 0.717) is 38.1 Å². The summed E-state index contributed by atoms with van der Waals surface area (Å²) in [7, 11) is 0. The van der Waals surface area contributed by atoms with Crippen molar-refractivity contribution in [1.82, 2.24) is 10.2 Å². The monoisotopic (exact) mass is 374 g/mol. The van der Waals surface area contributed by atoms with E-state index in [1.54, 1.807) is 17.0 Å². The van der Waals surface area contributed by atoms with Crippen LogP contribution in [-0.4, -0.2) is 53.5 Å². The Morgan fingerprint density at radius 3 is 2.44 bits per heavy atom. The number of carbonyl (C=O) groups excluding carboxylic acids is 2. The van der Waals surface area contributed by atoms with Gasteiger partial charge in [0.05, 0.1) is 5.92 Å². The molecular weight excluding hydrogens is 348 g/mol. The van der Waals surface area contributed by atoms with Gasteiger partial charge in [-0.05, 0) is 37.8 Å². The van der Waals surface area contributed by atoms with Crippen LogP contribution in [0.25, 0.3) is 0 Å². The van der Waals surface area contributed by atoms with Crippen molar-refractivity contribution in [2.45, 2.75) is 38.1 Å². The Morgan fingerprint density at radius 2 is 1.78 bits per heavy atom. The van der Waals surface area contributed by atoms with Crippen LogP contribution in [0.15, 0.2) is 30.3 Å². The number of carbonyl (C=O) groups is 3. The summed E-state index contributed by atoms with van der Waals surface area (Å²) < 4.78 is 5.49. The molecule has 1 heterocycles. The smallest absolute Gasteiger partial charge is 0.308 e. The molecule has 7 heteroatoms. The first-order chi connectivity index (χ1) is 13.0. The van der Waals surface area contributed by atoms with E-state index in [4.69, 9.17) is 4.74 Å². The molecule has 1 aromatic rings. The molecule has 2 fully saturated rings. The number of hydrogen-bond acceptors (Lipinski definition) is 4. The molecule has 0 aromatic heterocycles. The third kappa shape index (κ3) is 4.99. The zero-order chi connectivity index (χ0) is 19.2. The molecule has 1 aliphatic carbocycles. The van der Waals surface area contributed by atoms with Crippen LogP contribution in [0.4, 0.5) is 0 Å². The molecule has 1 aromatic carbocycles. The molecule has 0 unspecified atom stereocenters. The second kappa shape index (κ2) is 8.88. The van der Waals surface area contributed by atoms with Gasteiger partial charge in [0.15, 0.2) is 6.61 Å². The molecule has 1 saturated heterocycles. The van der Waals surface area contributed by atoms with Crippen molar-refractivity contribution in [3.8, 4) is 5.75 Å². The molecule has 2 aliphatic rings. The van der Waals surface area contributed by atoms with Crippen LogP contribution in [0, 0.1) is 11.8 Å². The quantitative estimate of drug-likeness (QED) is 0.790. The summed E-state index contributed by atoms with van der Waals surface area (Å²) in [6.07, 6.45) is 3.35. The van der Waals surface area contributed by atoms with Gasteiger partial charge in [-0.1, -0.05) is 24.6 Å². The third-order valence-electron chi connectivity index (χ3n) is 5.48. The topological polar surface area (TPSA) is 95.9 Å². The van der Waals surface area contributed by atoms with Gasteiger partial charge in [-0.2, -0.15) is 0 Å². The van der Waals surface area contributed by atoms with Crippen molar-refractivity contribution in [2.75, 3.05) is 19.7 Å². The normalized spacial score (nSPS) is 23.0. The van der Waals surface area contributed by atoms with Gasteiger partial charge in [-0.15, -0.1) is 0 Å². The first-order valence-electron chi connectivity index (χ1n) is 9.53. The van der Waals surface area contributed by atoms with Crippen LogP contribution in [-0.2, 0) is 14.4 Å². The number of carboxylic acids is 1. The number of rotatable bonds is 6. The van der Waals surface area contributed by atoms with Crippen molar-refractivity contribution < 1.29 is 24.2 Å². The van der Waals surface area contributed by atoms with Crippen LogP contribution in [0.2, 0.25) is 0 Å². The highest BCUT2D eigenvalue weighted by molar-refractivity contribution is 5.81. The SMILES string of the molecule is O=C(N[C@H]1CCC[C@H]1C(=O)O)C1CCN(C(=O)COc2ccccc2)CC1. The molecule has 0 bridgehead atoms. The summed E-state index contributed by atoms with van der Waals surface area (Å²) >= 11 is 0. The lowest BCUT2D eigenvalue weighted by molar-refractivity contribution is -0.143. The lowest BCUT2D eigenvalue weighted by atomic mass is 9.94. The first-order valence-corrected chi connectivity index (χ1v) is 9.53. The molecule has 3 rings (SSSR count). The fourth-order valence-electron chi connectivity index (χ4n) is 3.87. The Bertz CT molecular complexity index is 670. The number of benzene rings is 1. The molecule has 2 atom stereocenters. The Hall–Kier alpha value is -2.57. The van der Waals surface area contributed by atoms with E-state index in [9.17, 15) is 19.5 Å². The standard InChI is InChI=1S/C20H26N2O5/c23-18(13-27-15-5-2-1-3-6-15)22-11-9-14(10-12-22)19(24)21-17-8-4-7-16(17)20(25)26/h1-3,5-6,14,16-17H,4,7-13H2,(H,21,24)(H,25,26)/t16-,17+/m1/s1. The number of likely N-dealkylation sites (tertiary alicyclic amines) is 1. The maximum atomic E-state index is 12.5. The van der Waals surface area contributed by atoms with Gasteiger partial charge in [0.25, 0.3) is 5.91 Å². The number of piperidine rings is 1. The van der Waals surface area contributed by atoms with Gasteiger partial charge in [0.1, 0.15) is 5.75 Å². The van der Waals surface area contributed by atoms with E-state index in [0.717, 1.165) is 12.8 Å². The maximum Gasteiger partial charge on any atom is 0.308 e. The summed E-state index contributed by atoms with van der Waals surface area (Å²) in [5.41, 5.74) is 0. The molecule has 1 saturated carbocycles. The second-order valence-electron chi connectivity index (χ2n) is 7.25. The molecule has 1 aliphatic heterocycles. The first kappa shape index (κ1) is 19.2. The van der Waals surface area contributed by atoms with Crippen LogP contribution < -0.4 is 10.1 Å². The Balaban J connectivity index is 1.42. The number of aliphatic carboxylic acids is 1. The van der Waals surface area contributed by atoms with Crippen molar-refractivity contribution in [3.63, 3.8) is 0 Å².